The van der Waals surface area contributed by atoms with Gasteiger partial charge in [0.15, 0.2) is 0 Å². The molecule has 0 spiro atoms. The molecule has 2 aromatic carbocycles. The maximum atomic E-state index is 12.6. The molecule has 1 fully saturated rings. The van der Waals surface area contributed by atoms with Crippen molar-refractivity contribution in [3.63, 3.8) is 0 Å². The molecule has 0 aromatic heterocycles. The number of aryl methyl sites for hydroxylation is 1. The van der Waals surface area contributed by atoms with E-state index in [0.29, 0.717) is 36.6 Å². The predicted molar refractivity (Wildman–Crippen MR) is 107 cm³/mol. The van der Waals surface area contributed by atoms with Crippen LogP contribution in [-0.4, -0.2) is 31.7 Å². The monoisotopic (exact) mass is 406 g/mol. The highest BCUT2D eigenvalue weighted by molar-refractivity contribution is 7.89. The Bertz CT molecular complexity index is 892. The van der Waals surface area contributed by atoms with Crippen molar-refractivity contribution >= 4 is 33.2 Å². The number of sulfonamides is 1. The topological polar surface area (TPSA) is 66.5 Å². The van der Waals surface area contributed by atoms with E-state index in [1.54, 1.807) is 30.3 Å². The lowest BCUT2D eigenvalue weighted by Gasteiger charge is -2.25. The van der Waals surface area contributed by atoms with Crippen LogP contribution in [0.1, 0.15) is 31.2 Å². The Balaban J connectivity index is 1.58. The molecule has 0 atom stereocenters. The summed E-state index contributed by atoms with van der Waals surface area (Å²) in [6, 6.07) is 13.8. The third-order valence-electron chi connectivity index (χ3n) is 4.67. The molecule has 1 heterocycles. The van der Waals surface area contributed by atoms with E-state index in [1.807, 2.05) is 18.2 Å². The van der Waals surface area contributed by atoms with Crippen LogP contribution < -0.4 is 5.32 Å². The lowest BCUT2D eigenvalue weighted by molar-refractivity contribution is -0.116. The lowest BCUT2D eigenvalue weighted by atomic mass is 10.1. The number of rotatable bonds is 6. The second-order valence-corrected chi connectivity index (χ2v) is 8.97. The first-order valence-electron chi connectivity index (χ1n) is 9.10. The van der Waals surface area contributed by atoms with E-state index in [1.165, 1.54) is 4.31 Å². The third-order valence-corrected chi connectivity index (χ3v) is 6.95. The van der Waals surface area contributed by atoms with E-state index < -0.39 is 10.0 Å². The van der Waals surface area contributed by atoms with Crippen LogP contribution in [-0.2, 0) is 21.2 Å². The molecule has 1 saturated heterocycles. The number of anilines is 1. The maximum absolute atomic E-state index is 12.6. The Morgan fingerprint density at radius 1 is 1.00 bits per heavy atom. The van der Waals surface area contributed by atoms with Crippen molar-refractivity contribution in [1.82, 2.24) is 4.31 Å². The molecular weight excluding hydrogens is 384 g/mol. The van der Waals surface area contributed by atoms with Gasteiger partial charge in [0.2, 0.25) is 15.9 Å². The van der Waals surface area contributed by atoms with Gasteiger partial charge in [-0.2, -0.15) is 4.31 Å². The van der Waals surface area contributed by atoms with Gasteiger partial charge >= 0.3 is 0 Å². The average molecular weight is 407 g/mol. The van der Waals surface area contributed by atoms with Gasteiger partial charge in [0.1, 0.15) is 0 Å². The second kappa shape index (κ2) is 8.87. The van der Waals surface area contributed by atoms with Gasteiger partial charge in [-0.3, -0.25) is 4.79 Å². The summed E-state index contributed by atoms with van der Waals surface area (Å²) in [5.74, 6) is -0.137. The van der Waals surface area contributed by atoms with Crippen LogP contribution in [0.4, 0.5) is 5.69 Å². The molecule has 0 unspecified atom stereocenters. The SMILES string of the molecule is O=C(CCc1ccccc1Cl)Nc1ccc(S(=O)(=O)N2CCCCC2)cc1. The zero-order valence-corrected chi connectivity index (χ0v) is 16.6. The Labute approximate surface area is 165 Å². The van der Waals surface area contributed by atoms with Crippen molar-refractivity contribution in [3.8, 4) is 0 Å². The Kier molecular flexibility index (Phi) is 6.52. The van der Waals surface area contributed by atoms with Crippen LogP contribution in [0.5, 0.6) is 0 Å². The van der Waals surface area contributed by atoms with E-state index in [-0.39, 0.29) is 10.8 Å². The molecule has 0 radical (unpaired) electrons. The van der Waals surface area contributed by atoms with Gasteiger partial charge in [0.05, 0.1) is 4.90 Å². The van der Waals surface area contributed by atoms with Crippen LogP contribution in [0.25, 0.3) is 0 Å². The number of carbonyl (C=O) groups is 1. The summed E-state index contributed by atoms with van der Waals surface area (Å²) in [4.78, 5) is 12.4. The number of piperidine rings is 1. The highest BCUT2D eigenvalue weighted by atomic mass is 35.5. The molecule has 1 aliphatic heterocycles. The van der Waals surface area contributed by atoms with Gasteiger partial charge in [-0.05, 0) is 55.2 Å². The molecule has 144 valence electrons. The van der Waals surface area contributed by atoms with Crippen LogP contribution >= 0.6 is 11.6 Å². The molecule has 3 rings (SSSR count). The summed E-state index contributed by atoms with van der Waals surface area (Å²) >= 11 is 6.10. The minimum absolute atomic E-state index is 0.137. The second-order valence-electron chi connectivity index (χ2n) is 6.63. The lowest BCUT2D eigenvalue weighted by Crippen LogP contribution is -2.35. The minimum Gasteiger partial charge on any atom is -0.326 e. The minimum atomic E-state index is -3.45. The third kappa shape index (κ3) is 5.09. The Hall–Kier alpha value is -1.89. The molecule has 5 nitrogen and oxygen atoms in total. The molecule has 0 aliphatic carbocycles. The van der Waals surface area contributed by atoms with Gasteiger partial charge < -0.3 is 5.32 Å². The van der Waals surface area contributed by atoms with Crippen molar-refractivity contribution in [1.29, 1.82) is 0 Å². The highest BCUT2D eigenvalue weighted by Crippen LogP contribution is 2.22. The summed E-state index contributed by atoms with van der Waals surface area (Å²) in [6.07, 6.45) is 3.73. The number of nitrogens with zero attached hydrogens (tertiary/aromatic N) is 1. The normalized spacial score (nSPS) is 15.4. The summed E-state index contributed by atoms with van der Waals surface area (Å²) in [7, 11) is -3.45. The fourth-order valence-corrected chi connectivity index (χ4v) is 4.88. The molecule has 0 bridgehead atoms. The number of nitrogens with one attached hydrogen (secondary N) is 1. The summed E-state index contributed by atoms with van der Waals surface area (Å²) in [6.45, 7) is 1.14. The Morgan fingerprint density at radius 3 is 2.33 bits per heavy atom. The van der Waals surface area contributed by atoms with Gasteiger partial charge in [-0.1, -0.05) is 36.2 Å². The number of benzene rings is 2. The van der Waals surface area contributed by atoms with Crippen molar-refractivity contribution in [3.05, 3.63) is 59.1 Å². The van der Waals surface area contributed by atoms with Crippen molar-refractivity contribution in [2.75, 3.05) is 18.4 Å². The fourth-order valence-electron chi connectivity index (χ4n) is 3.14. The van der Waals surface area contributed by atoms with Gasteiger partial charge in [0.25, 0.3) is 0 Å². The Morgan fingerprint density at radius 2 is 1.67 bits per heavy atom. The van der Waals surface area contributed by atoms with Gasteiger partial charge in [-0.15, -0.1) is 0 Å². The van der Waals surface area contributed by atoms with Crippen LogP contribution in [0.2, 0.25) is 5.02 Å². The summed E-state index contributed by atoms with van der Waals surface area (Å²) in [5, 5.41) is 3.45. The molecule has 27 heavy (non-hydrogen) atoms. The van der Waals surface area contributed by atoms with Crippen molar-refractivity contribution < 1.29 is 13.2 Å². The van der Waals surface area contributed by atoms with Crippen LogP contribution in [0, 0.1) is 0 Å². The molecular formula is C20H23ClN2O3S. The standard InChI is InChI=1S/C20H23ClN2O3S/c21-19-7-3-2-6-16(19)8-13-20(24)22-17-9-11-18(12-10-17)27(25,26)23-14-4-1-5-15-23/h2-3,6-7,9-12H,1,4-5,8,13-15H2,(H,22,24). The predicted octanol–water partition coefficient (Wildman–Crippen LogP) is 4.09. The molecule has 1 aliphatic rings. The van der Waals surface area contributed by atoms with Crippen LogP contribution in [0.3, 0.4) is 0 Å². The first kappa shape index (κ1) is 19.9. The zero-order chi connectivity index (χ0) is 19.3. The van der Waals surface area contributed by atoms with Crippen LogP contribution in [0.15, 0.2) is 53.4 Å². The maximum Gasteiger partial charge on any atom is 0.243 e. The number of carbonyl (C=O) groups excluding carboxylic acids is 1. The van der Waals surface area contributed by atoms with Gasteiger partial charge in [-0.25, -0.2) is 8.42 Å². The zero-order valence-electron chi connectivity index (χ0n) is 15.0. The van der Waals surface area contributed by atoms with E-state index >= 15 is 0 Å². The van der Waals surface area contributed by atoms with Gasteiger partial charge in [0, 0.05) is 30.2 Å². The largest absolute Gasteiger partial charge is 0.326 e. The highest BCUT2D eigenvalue weighted by Gasteiger charge is 2.25. The van der Waals surface area contributed by atoms with Crippen molar-refractivity contribution in [2.24, 2.45) is 0 Å². The quantitative estimate of drug-likeness (QED) is 0.785. The molecule has 1 amide bonds. The van der Waals surface area contributed by atoms with E-state index in [9.17, 15) is 13.2 Å². The van der Waals surface area contributed by atoms with E-state index in [0.717, 1.165) is 24.8 Å². The number of amides is 1. The summed E-state index contributed by atoms with van der Waals surface area (Å²) < 4.78 is 26.8. The number of halogens is 1. The fraction of sp³-hybridized carbons (Fsp3) is 0.350. The smallest absolute Gasteiger partial charge is 0.243 e. The first-order chi connectivity index (χ1) is 13.0. The van der Waals surface area contributed by atoms with Crippen molar-refractivity contribution in [2.45, 2.75) is 37.0 Å². The molecule has 0 saturated carbocycles. The first-order valence-corrected chi connectivity index (χ1v) is 10.9. The number of hydrogen-bond acceptors (Lipinski definition) is 3. The summed E-state index contributed by atoms with van der Waals surface area (Å²) in [5.41, 5.74) is 1.51. The molecule has 7 heteroatoms. The van der Waals surface area contributed by atoms with E-state index in [4.69, 9.17) is 11.6 Å². The van der Waals surface area contributed by atoms with E-state index in [2.05, 4.69) is 5.32 Å². The molecule has 2 aromatic rings. The molecule has 1 N–H and O–H groups in total. The number of hydrogen-bond donors (Lipinski definition) is 1. The average Bonchev–Trinajstić information content (AvgIpc) is 2.68.